The van der Waals surface area contributed by atoms with Crippen LogP contribution in [0.1, 0.15) is 30.1 Å². The lowest BCUT2D eigenvalue weighted by Crippen LogP contribution is -2.20. The first kappa shape index (κ1) is 13.5. The summed E-state index contributed by atoms with van der Waals surface area (Å²) in [7, 11) is 0. The molecule has 1 heterocycles. The van der Waals surface area contributed by atoms with Gasteiger partial charge in [-0.1, -0.05) is 12.1 Å². The van der Waals surface area contributed by atoms with Crippen LogP contribution >= 0.6 is 11.8 Å². The largest absolute Gasteiger partial charge is 0.387 e. The van der Waals surface area contributed by atoms with Gasteiger partial charge in [-0.3, -0.25) is 0 Å². The molecule has 0 amide bonds. The van der Waals surface area contributed by atoms with Crippen molar-refractivity contribution in [2.24, 2.45) is 0 Å². The standard InChI is InChI=1S/C15H15FN2OS/c1-20-14-12(8-17-9-18-14)15(6-7-15)13(19)10-2-4-11(16)5-3-10/h2-5,8-9,13,19H,6-7H2,1H3. The molecule has 1 aromatic carbocycles. The number of hydrogen-bond donors (Lipinski definition) is 1. The second-order valence-electron chi connectivity index (χ2n) is 5.06. The van der Waals surface area contributed by atoms with E-state index in [1.54, 1.807) is 30.1 Å². The van der Waals surface area contributed by atoms with Gasteiger partial charge in [0.25, 0.3) is 0 Å². The molecular weight excluding hydrogens is 275 g/mol. The Balaban J connectivity index is 1.98. The number of aromatic nitrogens is 2. The van der Waals surface area contributed by atoms with Gasteiger partial charge in [0.15, 0.2) is 0 Å². The average molecular weight is 290 g/mol. The maximum absolute atomic E-state index is 13.0. The van der Waals surface area contributed by atoms with Crippen molar-refractivity contribution >= 4 is 11.8 Å². The molecule has 1 unspecified atom stereocenters. The molecule has 1 aromatic heterocycles. The molecule has 0 radical (unpaired) electrons. The Labute approximate surface area is 121 Å². The molecule has 1 fully saturated rings. The monoisotopic (exact) mass is 290 g/mol. The zero-order valence-corrected chi connectivity index (χ0v) is 11.9. The van der Waals surface area contributed by atoms with E-state index in [1.807, 2.05) is 6.26 Å². The molecule has 0 saturated heterocycles. The van der Waals surface area contributed by atoms with Gasteiger partial charge in [-0.25, -0.2) is 14.4 Å². The highest BCUT2D eigenvalue weighted by atomic mass is 32.2. The lowest BCUT2D eigenvalue weighted by Gasteiger charge is -2.24. The number of aliphatic hydroxyl groups is 1. The van der Waals surface area contributed by atoms with E-state index in [-0.39, 0.29) is 11.2 Å². The van der Waals surface area contributed by atoms with Crippen molar-refractivity contribution in [3.05, 3.63) is 53.7 Å². The van der Waals surface area contributed by atoms with Crippen molar-refractivity contribution in [1.82, 2.24) is 9.97 Å². The quantitative estimate of drug-likeness (QED) is 0.694. The van der Waals surface area contributed by atoms with E-state index >= 15 is 0 Å². The summed E-state index contributed by atoms with van der Waals surface area (Å²) < 4.78 is 13.0. The fourth-order valence-corrected chi connectivity index (χ4v) is 3.24. The number of rotatable bonds is 4. The third-order valence-electron chi connectivity index (χ3n) is 3.90. The number of halogens is 1. The molecule has 1 N–H and O–H groups in total. The molecule has 1 aliphatic carbocycles. The van der Waals surface area contributed by atoms with E-state index in [0.29, 0.717) is 0 Å². The molecule has 3 rings (SSSR count). The Bertz CT molecular complexity index is 614. The molecule has 2 aromatic rings. The Morgan fingerprint density at radius 3 is 2.60 bits per heavy atom. The molecule has 104 valence electrons. The Hall–Kier alpha value is -1.46. The summed E-state index contributed by atoms with van der Waals surface area (Å²) in [5.41, 5.74) is 1.40. The van der Waals surface area contributed by atoms with Gasteiger partial charge >= 0.3 is 0 Å². The number of aliphatic hydroxyl groups excluding tert-OH is 1. The first-order valence-electron chi connectivity index (χ1n) is 6.45. The molecule has 1 atom stereocenters. The number of nitrogens with zero attached hydrogens (tertiary/aromatic N) is 2. The van der Waals surface area contributed by atoms with Crippen LogP contribution in [0.15, 0.2) is 41.8 Å². The molecule has 3 nitrogen and oxygen atoms in total. The van der Waals surface area contributed by atoms with Crippen molar-refractivity contribution < 1.29 is 9.50 Å². The van der Waals surface area contributed by atoms with Crippen LogP contribution in [-0.4, -0.2) is 21.3 Å². The van der Waals surface area contributed by atoms with Gasteiger partial charge in [0.05, 0.1) is 6.10 Å². The minimum absolute atomic E-state index is 0.293. The molecule has 1 saturated carbocycles. The first-order valence-corrected chi connectivity index (χ1v) is 7.68. The van der Waals surface area contributed by atoms with Crippen molar-refractivity contribution in [1.29, 1.82) is 0 Å². The predicted octanol–water partition coefficient (Wildman–Crippen LogP) is 3.10. The summed E-state index contributed by atoms with van der Waals surface area (Å²) in [5, 5.41) is 11.6. The van der Waals surface area contributed by atoms with Crippen molar-refractivity contribution in [3.8, 4) is 0 Å². The van der Waals surface area contributed by atoms with Gasteiger partial charge in [0, 0.05) is 17.2 Å². The Morgan fingerprint density at radius 2 is 2.00 bits per heavy atom. The lowest BCUT2D eigenvalue weighted by atomic mass is 9.87. The number of thioether (sulfide) groups is 1. The summed E-state index contributed by atoms with van der Waals surface area (Å²) in [6.07, 6.45) is 6.42. The third-order valence-corrected chi connectivity index (χ3v) is 4.62. The second-order valence-corrected chi connectivity index (χ2v) is 5.85. The summed E-state index contributed by atoms with van der Waals surface area (Å²) in [5.74, 6) is -0.293. The van der Waals surface area contributed by atoms with Crippen LogP contribution < -0.4 is 0 Å². The van der Waals surface area contributed by atoms with E-state index in [4.69, 9.17) is 0 Å². The summed E-state index contributed by atoms with van der Waals surface area (Å²) in [6, 6.07) is 6.04. The van der Waals surface area contributed by atoms with Crippen LogP contribution in [0.25, 0.3) is 0 Å². The van der Waals surface area contributed by atoms with Crippen molar-refractivity contribution in [3.63, 3.8) is 0 Å². The minimum atomic E-state index is -0.653. The van der Waals surface area contributed by atoms with Gasteiger partial charge in [0.2, 0.25) is 0 Å². The van der Waals surface area contributed by atoms with Gasteiger partial charge in [-0.15, -0.1) is 11.8 Å². The van der Waals surface area contributed by atoms with Crippen molar-refractivity contribution in [2.75, 3.05) is 6.26 Å². The predicted molar refractivity (Wildman–Crippen MR) is 76.1 cm³/mol. The molecule has 0 aliphatic heterocycles. The number of benzene rings is 1. The van der Waals surface area contributed by atoms with Crippen molar-refractivity contribution in [2.45, 2.75) is 29.4 Å². The van der Waals surface area contributed by atoms with Gasteiger partial charge in [-0.2, -0.15) is 0 Å². The smallest absolute Gasteiger partial charge is 0.123 e. The molecular formula is C15H15FN2OS. The van der Waals surface area contributed by atoms with E-state index in [1.165, 1.54) is 18.5 Å². The highest BCUT2D eigenvalue weighted by molar-refractivity contribution is 7.98. The van der Waals surface area contributed by atoms with E-state index in [2.05, 4.69) is 9.97 Å². The summed E-state index contributed by atoms with van der Waals surface area (Å²) in [6.45, 7) is 0. The molecule has 0 bridgehead atoms. The van der Waals surface area contributed by atoms with E-state index in [0.717, 1.165) is 29.0 Å². The topological polar surface area (TPSA) is 46.0 Å². The Morgan fingerprint density at radius 1 is 1.30 bits per heavy atom. The van der Waals surface area contributed by atoms with E-state index < -0.39 is 6.10 Å². The molecule has 5 heteroatoms. The third kappa shape index (κ3) is 2.21. The van der Waals surface area contributed by atoms with Crippen LogP contribution in [0, 0.1) is 5.82 Å². The normalized spacial score (nSPS) is 17.8. The van der Waals surface area contributed by atoms with Gasteiger partial charge < -0.3 is 5.11 Å². The highest BCUT2D eigenvalue weighted by Crippen LogP contribution is 2.57. The van der Waals surface area contributed by atoms with Gasteiger partial charge in [-0.05, 0) is 36.8 Å². The SMILES string of the molecule is CSc1ncncc1C1(C(O)c2ccc(F)cc2)CC1. The van der Waals surface area contributed by atoms with Crippen LogP contribution in [0.2, 0.25) is 0 Å². The Kier molecular flexibility index (Phi) is 3.48. The number of hydrogen-bond acceptors (Lipinski definition) is 4. The molecule has 20 heavy (non-hydrogen) atoms. The maximum Gasteiger partial charge on any atom is 0.123 e. The van der Waals surface area contributed by atoms with Crippen LogP contribution in [0.3, 0.4) is 0 Å². The summed E-state index contributed by atoms with van der Waals surface area (Å²) >= 11 is 1.56. The summed E-state index contributed by atoms with van der Waals surface area (Å²) in [4.78, 5) is 8.37. The van der Waals surface area contributed by atoms with E-state index in [9.17, 15) is 9.50 Å². The minimum Gasteiger partial charge on any atom is -0.387 e. The molecule has 0 spiro atoms. The van der Waals surface area contributed by atoms with Crippen LogP contribution in [0.4, 0.5) is 4.39 Å². The highest BCUT2D eigenvalue weighted by Gasteiger charge is 2.52. The fraction of sp³-hybridized carbons (Fsp3) is 0.333. The van der Waals surface area contributed by atoms with Crippen LogP contribution in [0.5, 0.6) is 0 Å². The fourth-order valence-electron chi connectivity index (χ4n) is 2.61. The van der Waals surface area contributed by atoms with Gasteiger partial charge in [0.1, 0.15) is 17.2 Å². The van der Waals surface area contributed by atoms with Crippen LogP contribution in [-0.2, 0) is 5.41 Å². The maximum atomic E-state index is 13.0. The molecule has 1 aliphatic rings. The zero-order valence-electron chi connectivity index (χ0n) is 11.1. The average Bonchev–Trinajstić information content (AvgIpc) is 3.29. The lowest BCUT2D eigenvalue weighted by molar-refractivity contribution is 0.131. The second kappa shape index (κ2) is 5.14. The zero-order chi connectivity index (χ0) is 14.2. The first-order chi connectivity index (χ1) is 9.67.